The van der Waals surface area contributed by atoms with Crippen LogP contribution in [0.5, 0.6) is 5.75 Å². The van der Waals surface area contributed by atoms with Crippen molar-refractivity contribution in [3.05, 3.63) is 29.3 Å². The monoisotopic (exact) mass is 293 g/mol. The van der Waals surface area contributed by atoms with Gasteiger partial charge >= 0.3 is 5.97 Å². The molecule has 0 spiro atoms. The van der Waals surface area contributed by atoms with Crippen molar-refractivity contribution in [2.24, 2.45) is 5.73 Å². The minimum Gasteiger partial charge on any atom is -0.493 e. The molecule has 0 amide bonds. The summed E-state index contributed by atoms with van der Waals surface area (Å²) in [6, 6.07) is 6.18. The van der Waals surface area contributed by atoms with Gasteiger partial charge in [-0.25, -0.2) is 0 Å². The largest absolute Gasteiger partial charge is 0.493 e. The fraction of sp³-hybridized carbons (Fsp3) is 0.588. The number of esters is 1. The predicted octanol–water partition coefficient (Wildman–Crippen LogP) is 3.17. The summed E-state index contributed by atoms with van der Waals surface area (Å²) in [6.45, 7) is 10.5. The molecule has 1 aromatic carbocycles. The Morgan fingerprint density at radius 1 is 1.38 bits per heavy atom. The lowest BCUT2D eigenvalue weighted by Crippen LogP contribution is -2.47. The first kappa shape index (κ1) is 17.5. The van der Waals surface area contributed by atoms with Crippen LogP contribution in [0.1, 0.15) is 51.2 Å². The Morgan fingerprint density at radius 3 is 2.62 bits per heavy atom. The normalized spacial score (nSPS) is 13.9. The number of hydrogen-bond acceptors (Lipinski definition) is 4. The van der Waals surface area contributed by atoms with E-state index in [1.807, 2.05) is 13.0 Å². The molecule has 0 aliphatic rings. The Hall–Kier alpha value is -1.55. The van der Waals surface area contributed by atoms with Gasteiger partial charge in [0.25, 0.3) is 0 Å². The maximum Gasteiger partial charge on any atom is 0.325 e. The zero-order valence-corrected chi connectivity index (χ0v) is 13.7. The molecule has 0 saturated heterocycles. The third-order valence-corrected chi connectivity index (χ3v) is 3.41. The Balaban J connectivity index is 2.68. The number of ether oxygens (including phenoxy) is 2. The third-order valence-electron chi connectivity index (χ3n) is 3.41. The van der Waals surface area contributed by atoms with Gasteiger partial charge in [-0.05, 0) is 43.9 Å². The van der Waals surface area contributed by atoms with Crippen LogP contribution in [0.2, 0.25) is 0 Å². The fourth-order valence-electron chi connectivity index (χ4n) is 2.01. The van der Waals surface area contributed by atoms with Crippen molar-refractivity contribution in [1.82, 2.24) is 0 Å². The molecule has 1 rings (SSSR count). The maximum absolute atomic E-state index is 11.7. The van der Waals surface area contributed by atoms with Gasteiger partial charge in [-0.3, -0.25) is 4.79 Å². The molecule has 4 nitrogen and oxygen atoms in total. The SMILES string of the molecule is CCOC(=O)C(C)(N)CCOc1cc(C)ccc1C(C)C. The minimum absolute atomic E-state index is 0.335. The molecule has 1 aromatic rings. The highest BCUT2D eigenvalue weighted by atomic mass is 16.5. The van der Waals surface area contributed by atoms with E-state index in [1.165, 1.54) is 0 Å². The average Bonchev–Trinajstić information content (AvgIpc) is 2.38. The molecule has 1 atom stereocenters. The van der Waals surface area contributed by atoms with Gasteiger partial charge in [-0.15, -0.1) is 0 Å². The molecule has 0 radical (unpaired) electrons. The molecule has 118 valence electrons. The Kier molecular flexibility index (Phi) is 6.21. The highest BCUT2D eigenvalue weighted by Crippen LogP contribution is 2.27. The third kappa shape index (κ3) is 5.05. The van der Waals surface area contributed by atoms with E-state index < -0.39 is 5.54 Å². The molecule has 0 fully saturated rings. The van der Waals surface area contributed by atoms with Crippen molar-refractivity contribution in [3.63, 3.8) is 0 Å². The van der Waals surface area contributed by atoms with Gasteiger partial charge in [0.15, 0.2) is 0 Å². The quantitative estimate of drug-likeness (QED) is 0.784. The van der Waals surface area contributed by atoms with Gasteiger partial charge in [0, 0.05) is 6.42 Å². The summed E-state index contributed by atoms with van der Waals surface area (Å²) in [5, 5.41) is 0. The second kappa shape index (κ2) is 7.46. The topological polar surface area (TPSA) is 61.5 Å². The lowest BCUT2D eigenvalue weighted by Gasteiger charge is -2.23. The van der Waals surface area contributed by atoms with Crippen LogP contribution < -0.4 is 10.5 Å². The molecular weight excluding hydrogens is 266 g/mol. The number of carbonyl (C=O) groups is 1. The molecule has 0 aromatic heterocycles. The van der Waals surface area contributed by atoms with Gasteiger partial charge in [0.1, 0.15) is 11.3 Å². The average molecular weight is 293 g/mol. The molecule has 0 bridgehead atoms. The van der Waals surface area contributed by atoms with Gasteiger partial charge in [0.05, 0.1) is 13.2 Å². The van der Waals surface area contributed by atoms with Crippen molar-refractivity contribution in [2.75, 3.05) is 13.2 Å². The molecule has 4 heteroatoms. The molecule has 2 N–H and O–H groups in total. The van der Waals surface area contributed by atoms with Crippen molar-refractivity contribution >= 4 is 5.97 Å². The first-order chi connectivity index (χ1) is 9.77. The first-order valence-electron chi connectivity index (χ1n) is 7.47. The molecular formula is C17H27NO3. The Bertz CT molecular complexity index is 481. The van der Waals surface area contributed by atoms with Gasteiger partial charge in [-0.2, -0.15) is 0 Å². The summed E-state index contributed by atoms with van der Waals surface area (Å²) in [7, 11) is 0. The molecule has 0 saturated carbocycles. The maximum atomic E-state index is 11.7. The minimum atomic E-state index is -1.02. The van der Waals surface area contributed by atoms with Gasteiger partial charge < -0.3 is 15.2 Å². The van der Waals surface area contributed by atoms with Crippen LogP contribution in [0, 0.1) is 6.92 Å². The zero-order valence-electron chi connectivity index (χ0n) is 13.7. The first-order valence-corrected chi connectivity index (χ1v) is 7.47. The molecule has 0 aliphatic carbocycles. The second-order valence-corrected chi connectivity index (χ2v) is 5.93. The van der Waals surface area contributed by atoms with Crippen LogP contribution in [0.15, 0.2) is 18.2 Å². The Labute approximate surface area is 127 Å². The van der Waals surface area contributed by atoms with Crippen LogP contribution in [-0.4, -0.2) is 24.7 Å². The number of aryl methyl sites for hydroxylation is 1. The van der Waals surface area contributed by atoms with Crippen molar-refractivity contribution in [3.8, 4) is 5.75 Å². The highest BCUT2D eigenvalue weighted by Gasteiger charge is 2.29. The van der Waals surface area contributed by atoms with E-state index in [-0.39, 0.29) is 5.97 Å². The van der Waals surface area contributed by atoms with Crippen LogP contribution in [0.4, 0.5) is 0 Å². The Morgan fingerprint density at radius 2 is 2.05 bits per heavy atom. The molecule has 1 unspecified atom stereocenters. The van der Waals surface area contributed by atoms with Crippen molar-refractivity contribution < 1.29 is 14.3 Å². The summed E-state index contributed by atoms with van der Waals surface area (Å²) >= 11 is 0. The summed E-state index contributed by atoms with van der Waals surface area (Å²) in [4.78, 5) is 11.7. The van der Waals surface area contributed by atoms with E-state index in [9.17, 15) is 4.79 Å². The zero-order chi connectivity index (χ0) is 16.0. The summed E-state index contributed by atoms with van der Waals surface area (Å²) in [5.41, 5.74) is 7.28. The van der Waals surface area contributed by atoms with Gasteiger partial charge in [0.2, 0.25) is 0 Å². The highest BCUT2D eigenvalue weighted by molar-refractivity contribution is 5.79. The second-order valence-electron chi connectivity index (χ2n) is 5.93. The van der Waals surface area contributed by atoms with Crippen LogP contribution in [0.25, 0.3) is 0 Å². The number of nitrogens with two attached hydrogens (primary N) is 1. The van der Waals surface area contributed by atoms with E-state index in [0.717, 1.165) is 16.9 Å². The predicted molar refractivity (Wildman–Crippen MR) is 84.6 cm³/mol. The van der Waals surface area contributed by atoms with Crippen molar-refractivity contribution in [2.45, 2.75) is 52.5 Å². The lowest BCUT2D eigenvalue weighted by atomic mass is 9.99. The van der Waals surface area contributed by atoms with Crippen LogP contribution in [0.3, 0.4) is 0 Å². The number of carbonyl (C=O) groups excluding carboxylic acids is 1. The number of benzene rings is 1. The van der Waals surface area contributed by atoms with Crippen molar-refractivity contribution in [1.29, 1.82) is 0 Å². The van der Waals surface area contributed by atoms with Crippen LogP contribution >= 0.6 is 0 Å². The van der Waals surface area contributed by atoms with Crippen LogP contribution in [-0.2, 0) is 9.53 Å². The lowest BCUT2D eigenvalue weighted by molar-refractivity contribution is -0.149. The number of hydrogen-bond donors (Lipinski definition) is 1. The molecule has 0 aliphatic heterocycles. The van der Waals surface area contributed by atoms with E-state index in [2.05, 4.69) is 26.0 Å². The summed E-state index contributed by atoms with van der Waals surface area (Å²) in [5.74, 6) is 0.863. The van der Waals surface area contributed by atoms with E-state index in [1.54, 1.807) is 13.8 Å². The summed E-state index contributed by atoms with van der Waals surface area (Å²) < 4.78 is 10.8. The van der Waals surface area contributed by atoms with E-state index in [0.29, 0.717) is 25.6 Å². The standard InChI is InChI=1S/C17H27NO3/c1-6-20-16(19)17(5,18)9-10-21-15-11-13(4)7-8-14(15)12(2)3/h7-8,11-12H,6,9-10,18H2,1-5H3. The van der Waals surface area contributed by atoms with E-state index in [4.69, 9.17) is 15.2 Å². The van der Waals surface area contributed by atoms with E-state index >= 15 is 0 Å². The molecule has 21 heavy (non-hydrogen) atoms. The summed E-state index contributed by atoms with van der Waals surface area (Å²) in [6.07, 6.45) is 0.414. The molecule has 0 heterocycles. The smallest absolute Gasteiger partial charge is 0.325 e. The number of rotatable bonds is 7. The van der Waals surface area contributed by atoms with Gasteiger partial charge in [-0.1, -0.05) is 26.0 Å². The fourth-order valence-corrected chi connectivity index (χ4v) is 2.01.